The number of nitrogens with two attached hydrogens (primary N) is 1. The number of amides is 1. The van der Waals surface area contributed by atoms with E-state index in [-0.39, 0.29) is 12.5 Å². The molecule has 1 aromatic rings. The Balaban J connectivity index is 2.22. The van der Waals surface area contributed by atoms with Gasteiger partial charge in [-0.2, -0.15) is 0 Å². The van der Waals surface area contributed by atoms with Gasteiger partial charge in [0.1, 0.15) is 0 Å². The minimum Gasteiger partial charge on any atom is -0.474 e. The smallest absolute Gasteiger partial charge is 0.263 e. The average Bonchev–Trinajstić information content (AvgIpc) is 2.65. The predicted molar refractivity (Wildman–Crippen MR) is 60.9 cm³/mol. The first kappa shape index (κ1) is 12.8. The summed E-state index contributed by atoms with van der Waals surface area (Å²) in [6.07, 6.45) is -0.393. The number of benzene rings is 1. The SMILES string of the molecule is CN1CCC(Oc2c(F)cc(CN)cc2F)C1=O. The molecule has 0 spiro atoms. The van der Waals surface area contributed by atoms with Gasteiger partial charge < -0.3 is 15.4 Å². The number of likely N-dealkylation sites (N-methyl/N-ethyl adjacent to an activating group) is 1. The number of carbonyl (C=O) groups excluding carboxylic acids is 1. The van der Waals surface area contributed by atoms with Crippen LogP contribution in [0.3, 0.4) is 0 Å². The highest BCUT2D eigenvalue weighted by Crippen LogP contribution is 2.26. The molecule has 2 N–H and O–H groups in total. The lowest BCUT2D eigenvalue weighted by Gasteiger charge is -2.14. The Morgan fingerprint density at radius 1 is 1.44 bits per heavy atom. The predicted octanol–water partition coefficient (Wildman–Crippen LogP) is 1.03. The van der Waals surface area contributed by atoms with Crippen LogP contribution >= 0.6 is 0 Å². The van der Waals surface area contributed by atoms with Gasteiger partial charge in [-0.15, -0.1) is 0 Å². The molecule has 6 heteroatoms. The van der Waals surface area contributed by atoms with E-state index in [0.717, 1.165) is 12.1 Å². The zero-order chi connectivity index (χ0) is 13.3. The molecule has 1 aliphatic heterocycles. The summed E-state index contributed by atoms with van der Waals surface area (Å²) in [5.74, 6) is -2.45. The summed E-state index contributed by atoms with van der Waals surface area (Å²) < 4.78 is 32.4. The first-order chi connectivity index (χ1) is 8.52. The Morgan fingerprint density at radius 2 is 2.06 bits per heavy atom. The summed E-state index contributed by atoms with van der Waals surface area (Å²) in [6.45, 7) is 0.562. The van der Waals surface area contributed by atoms with Crippen molar-refractivity contribution in [3.8, 4) is 5.75 Å². The third-order valence-electron chi connectivity index (χ3n) is 2.93. The molecule has 1 amide bonds. The minimum atomic E-state index is -0.835. The van der Waals surface area contributed by atoms with E-state index in [1.807, 2.05) is 0 Å². The zero-order valence-electron chi connectivity index (χ0n) is 9.95. The van der Waals surface area contributed by atoms with Crippen LogP contribution < -0.4 is 10.5 Å². The van der Waals surface area contributed by atoms with Crippen molar-refractivity contribution in [1.82, 2.24) is 4.90 Å². The van der Waals surface area contributed by atoms with Crippen molar-refractivity contribution in [2.75, 3.05) is 13.6 Å². The van der Waals surface area contributed by atoms with Crippen LogP contribution in [-0.2, 0) is 11.3 Å². The van der Waals surface area contributed by atoms with Crippen molar-refractivity contribution < 1.29 is 18.3 Å². The molecule has 1 saturated heterocycles. The van der Waals surface area contributed by atoms with Crippen molar-refractivity contribution in [2.45, 2.75) is 19.1 Å². The molecule has 4 nitrogen and oxygen atoms in total. The van der Waals surface area contributed by atoms with Gasteiger partial charge >= 0.3 is 0 Å². The lowest BCUT2D eigenvalue weighted by molar-refractivity contribution is -0.132. The molecule has 0 saturated carbocycles. The highest BCUT2D eigenvalue weighted by Gasteiger charge is 2.32. The quantitative estimate of drug-likeness (QED) is 0.879. The average molecular weight is 256 g/mol. The number of hydrogen-bond acceptors (Lipinski definition) is 3. The maximum Gasteiger partial charge on any atom is 0.263 e. The zero-order valence-corrected chi connectivity index (χ0v) is 9.95. The molecular weight excluding hydrogens is 242 g/mol. The number of hydrogen-bond donors (Lipinski definition) is 1. The summed E-state index contributed by atoms with van der Waals surface area (Å²) in [5, 5.41) is 0. The Kier molecular flexibility index (Phi) is 3.47. The van der Waals surface area contributed by atoms with E-state index < -0.39 is 23.5 Å². The summed E-state index contributed by atoms with van der Waals surface area (Å²) in [4.78, 5) is 13.1. The summed E-state index contributed by atoms with van der Waals surface area (Å²) >= 11 is 0. The Labute approximate surface area is 103 Å². The van der Waals surface area contributed by atoms with Gasteiger partial charge in [0.2, 0.25) is 0 Å². The third kappa shape index (κ3) is 2.28. The van der Waals surface area contributed by atoms with Crippen molar-refractivity contribution in [3.05, 3.63) is 29.3 Å². The van der Waals surface area contributed by atoms with Crippen LogP contribution in [0.2, 0.25) is 0 Å². The number of carbonyl (C=O) groups is 1. The summed E-state index contributed by atoms with van der Waals surface area (Å²) in [7, 11) is 1.62. The molecule has 98 valence electrons. The van der Waals surface area contributed by atoms with Gasteiger partial charge in [0, 0.05) is 26.6 Å². The number of nitrogens with zero attached hydrogens (tertiary/aromatic N) is 1. The fourth-order valence-electron chi connectivity index (χ4n) is 1.88. The molecular formula is C12H14F2N2O2. The number of rotatable bonds is 3. The Bertz CT molecular complexity index is 456. The molecule has 0 radical (unpaired) electrons. The highest BCUT2D eigenvalue weighted by molar-refractivity contribution is 5.83. The highest BCUT2D eigenvalue weighted by atomic mass is 19.1. The van der Waals surface area contributed by atoms with E-state index in [9.17, 15) is 13.6 Å². The number of halogens is 2. The van der Waals surface area contributed by atoms with Crippen LogP contribution in [-0.4, -0.2) is 30.5 Å². The first-order valence-corrected chi connectivity index (χ1v) is 5.62. The maximum atomic E-state index is 13.6. The molecule has 0 bridgehead atoms. The van der Waals surface area contributed by atoms with E-state index >= 15 is 0 Å². The van der Waals surface area contributed by atoms with Crippen molar-refractivity contribution in [3.63, 3.8) is 0 Å². The van der Waals surface area contributed by atoms with Gasteiger partial charge in [-0.25, -0.2) is 8.78 Å². The van der Waals surface area contributed by atoms with Crippen LogP contribution in [0, 0.1) is 11.6 Å². The lowest BCUT2D eigenvalue weighted by atomic mass is 10.2. The van der Waals surface area contributed by atoms with Crippen LogP contribution in [0.4, 0.5) is 8.78 Å². The third-order valence-corrected chi connectivity index (χ3v) is 2.93. The lowest BCUT2D eigenvalue weighted by Crippen LogP contribution is -2.30. The van der Waals surface area contributed by atoms with Gasteiger partial charge in [0.15, 0.2) is 23.5 Å². The molecule has 0 aliphatic carbocycles. The Hall–Kier alpha value is -1.69. The standard InChI is InChI=1S/C12H14F2N2O2/c1-16-3-2-10(12(16)17)18-11-8(13)4-7(6-15)5-9(11)14/h4-5,10H,2-3,6,15H2,1H3. The number of likely N-dealkylation sites (tertiary alicyclic amines) is 1. The molecule has 0 aromatic heterocycles. The molecule has 1 atom stereocenters. The topological polar surface area (TPSA) is 55.6 Å². The molecule has 18 heavy (non-hydrogen) atoms. The van der Waals surface area contributed by atoms with Gasteiger partial charge in [-0.1, -0.05) is 0 Å². The Morgan fingerprint density at radius 3 is 2.50 bits per heavy atom. The summed E-state index contributed by atoms with van der Waals surface area (Å²) in [5.41, 5.74) is 5.65. The normalized spacial score (nSPS) is 19.4. The number of ether oxygens (including phenoxy) is 1. The first-order valence-electron chi connectivity index (χ1n) is 5.62. The van der Waals surface area contributed by atoms with E-state index in [1.165, 1.54) is 4.90 Å². The van der Waals surface area contributed by atoms with Gasteiger partial charge in [0.25, 0.3) is 5.91 Å². The van der Waals surface area contributed by atoms with E-state index in [2.05, 4.69) is 0 Å². The van der Waals surface area contributed by atoms with Crippen molar-refractivity contribution in [2.24, 2.45) is 5.73 Å². The molecule has 1 fully saturated rings. The molecule has 1 aromatic carbocycles. The van der Waals surface area contributed by atoms with Crippen molar-refractivity contribution in [1.29, 1.82) is 0 Å². The fourth-order valence-corrected chi connectivity index (χ4v) is 1.88. The van der Waals surface area contributed by atoms with Gasteiger partial charge in [-0.05, 0) is 17.7 Å². The van der Waals surface area contributed by atoms with Gasteiger partial charge in [0.05, 0.1) is 0 Å². The second kappa shape index (κ2) is 4.89. The molecule has 1 unspecified atom stereocenters. The van der Waals surface area contributed by atoms with E-state index in [1.54, 1.807) is 7.05 Å². The van der Waals surface area contributed by atoms with Crippen LogP contribution in [0.15, 0.2) is 12.1 Å². The molecule has 1 heterocycles. The second-order valence-electron chi connectivity index (χ2n) is 4.25. The second-order valence-corrected chi connectivity index (χ2v) is 4.25. The van der Waals surface area contributed by atoms with Crippen LogP contribution in [0.25, 0.3) is 0 Å². The van der Waals surface area contributed by atoms with Gasteiger partial charge in [-0.3, -0.25) is 4.79 Å². The maximum absolute atomic E-state index is 13.6. The van der Waals surface area contributed by atoms with Crippen LogP contribution in [0.1, 0.15) is 12.0 Å². The van der Waals surface area contributed by atoms with Crippen LogP contribution in [0.5, 0.6) is 5.75 Å². The molecule has 2 rings (SSSR count). The molecule has 1 aliphatic rings. The fraction of sp³-hybridized carbons (Fsp3) is 0.417. The van der Waals surface area contributed by atoms with E-state index in [4.69, 9.17) is 10.5 Å². The largest absolute Gasteiger partial charge is 0.474 e. The van der Waals surface area contributed by atoms with E-state index in [0.29, 0.717) is 18.5 Å². The minimum absolute atomic E-state index is 0.0409. The monoisotopic (exact) mass is 256 g/mol. The van der Waals surface area contributed by atoms with Crippen molar-refractivity contribution >= 4 is 5.91 Å². The summed E-state index contributed by atoms with van der Waals surface area (Å²) in [6, 6.07) is 2.23.